The van der Waals surface area contributed by atoms with Crippen LogP contribution < -0.4 is 10.6 Å². The summed E-state index contributed by atoms with van der Waals surface area (Å²) in [5.74, 6) is -0.00603. The highest BCUT2D eigenvalue weighted by molar-refractivity contribution is 5.79. The fourth-order valence-corrected chi connectivity index (χ4v) is 1.90. The Hall–Kier alpha value is -1.10. The Morgan fingerprint density at radius 2 is 2.29 bits per heavy atom. The van der Waals surface area contributed by atoms with Crippen molar-refractivity contribution in [2.45, 2.75) is 32.6 Å². The maximum absolute atomic E-state index is 11.7. The van der Waals surface area contributed by atoms with Crippen molar-refractivity contribution < 1.29 is 14.3 Å². The summed E-state index contributed by atoms with van der Waals surface area (Å²) in [7, 11) is 0. The Morgan fingerprint density at radius 1 is 1.47 bits per heavy atom. The van der Waals surface area contributed by atoms with Crippen LogP contribution in [-0.2, 0) is 14.3 Å². The molecule has 5 nitrogen and oxygen atoms in total. The molecule has 1 unspecified atom stereocenters. The van der Waals surface area contributed by atoms with Gasteiger partial charge in [0.25, 0.3) is 0 Å². The topological polar surface area (TPSA) is 67.4 Å². The quantitative estimate of drug-likeness (QED) is 0.524. The number of rotatable bonds is 6. The molecule has 1 aliphatic rings. The molecule has 1 aliphatic heterocycles. The maximum atomic E-state index is 11.7. The number of amides is 1. The van der Waals surface area contributed by atoms with Crippen LogP contribution in [0.1, 0.15) is 32.6 Å². The van der Waals surface area contributed by atoms with Gasteiger partial charge in [-0.25, -0.2) is 0 Å². The SMILES string of the molecule is CCOC(=O)CCCNC(=O)C1CCCNC1. The van der Waals surface area contributed by atoms with E-state index in [0.717, 1.165) is 25.9 Å². The lowest BCUT2D eigenvalue weighted by Gasteiger charge is -2.21. The van der Waals surface area contributed by atoms with E-state index in [1.807, 2.05) is 0 Å². The normalized spacial score (nSPS) is 19.7. The molecule has 0 spiro atoms. The van der Waals surface area contributed by atoms with Crippen LogP contribution >= 0.6 is 0 Å². The minimum absolute atomic E-state index is 0.0892. The van der Waals surface area contributed by atoms with Gasteiger partial charge in [-0.15, -0.1) is 0 Å². The summed E-state index contributed by atoms with van der Waals surface area (Å²) in [6.45, 7) is 4.53. The third-order valence-electron chi connectivity index (χ3n) is 2.83. The smallest absolute Gasteiger partial charge is 0.305 e. The predicted octanol–water partition coefficient (Wildman–Crippen LogP) is 0.445. The summed E-state index contributed by atoms with van der Waals surface area (Å²) < 4.78 is 4.80. The van der Waals surface area contributed by atoms with Crippen molar-refractivity contribution in [3.05, 3.63) is 0 Å². The Morgan fingerprint density at radius 3 is 2.94 bits per heavy atom. The van der Waals surface area contributed by atoms with Crippen LogP contribution in [0.2, 0.25) is 0 Å². The largest absolute Gasteiger partial charge is 0.466 e. The van der Waals surface area contributed by atoms with Gasteiger partial charge < -0.3 is 15.4 Å². The van der Waals surface area contributed by atoms with Crippen LogP contribution in [0.25, 0.3) is 0 Å². The zero-order valence-electron chi connectivity index (χ0n) is 10.5. The number of piperidine rings is 1. The summed E-state index contributed by atoms with van der Waals surface area (Å²) in [6, 6.07) is 0. The molecule has 1 fully saturated rings. The van der Waals surface area contributed by atoms with Gasteiger partial charge in [0, 0.05) is 19.5 Å². The lowest BCUT2D eigenvalue weighted by atomic mass is 9.99. The van der Waals surface area contributed by atoms with Gasteiger partial charge in [-0.2, -0.15) is 0 Å². The van der Waals surface area contributed by atoms with Crippen molar-refractivity contribution in [1.29, 1.82) is 0 Å². The van der Waals surface area contributed by atoms with Crippen molar-refractivity contribution in [3.63, 3.8) is 0 Å². The second-order valence-corrected chi connectivity index (χ2v) is 4.24. The van der Waals surface area contributed by atoms with Gasteiger partial charge >= 0.3 is 5.97 Å². The molecule has 2 N–H and O–H groups in total. The van der Waals surface area contributed by atoms with Crippen LogP contribution in [0.15, 0.2) is 0 Å². The summed E-state index contributed by atoms with van der Waals surface area (Å²) >= 11 is 0. The number of nitrogens with one attached hydrogen (secondary N) is 2. The molecule has 0 bridgehead atoms. The van der Waals surface area contributed by atoms with Gasteiger partial charge in [0.1, 0.15) is 0 Å². The number of esters is 1. The molecule has 1 atom stereocenters. The Balaban J connectivity index is 2.05. The predicted molar refractivity (Wildman–Crippen MR) is 64.5 cm³/mol. The minimum Gasteiger partial charge on any atom is -0.466 e. The van der Waals surface area contributed by atoms with Crippen molar-refractivity contribution in [3.8, 4) is 0 Å². The van der Waals surface area contributed by atoms with Crippen molar-refractivity contribution in [1.82, 2.24) is 10.6 Å². The first-order valence-corrected chi connectivity index (χ1v) is 6.38. The lowest BCUT2D eigenvalue weighted by Crippen LogP contribution is -2.40. The van der Waals surface area contributed by atoms with Gasteiger partial charge in [-0.05, 0) is 32.7 Å². The van der Waals surface area contributed by atoms with Crippen LogP contribution in [0.5, 0.6) is 0 Å². The van der Waals surface area contributed by atoms with E-state index in [4.69, 9.17) is 4.74 Å². The highest BCUT2D eigenvalue weighted by atomic mass is 16.5. The molecule has 98 valence electrons. The molecule has 0 aromatic rings. The molecule has 0 radical (unpaired) electrons. The Kier molecular flexibility index (Phi) is 6.62. The average Bonchev–Trinajstić information content (AvgIpc) is 2.36. The molecule has 0 aromatic heterocycles. The summed E-state index contributed by atoms with van der Waals surface area (Å²) in [6.07, 6.45) is 3.03. The zero-order chi connectivity index (χ0) is 12.5. The third kappa shape index (κ3) is 5.68. The fourth-order valence-electron chi connectivity index (χ4n) is 1.90. The fraction of sp³-hybridized carbons (Fsp3) is 0.833. The second kappa shape index (κ2) is 8.06. The lowest BCUT2D eigenvalue weighted by molar-refractivity contribution is -0.143. The first-order chi connectivity index (χ1) is 8.24. The average molecular weight is 242 g/mol. The van der Waals surface area contributed by atoms with E-state index >= 15 is 0 Å². The molecule has 1 saturated heterocycles. The number of carbonyl (C=O) groups is 2. The van der Waals surface area contributed by atoms with E-state index in [1.54, 1.807) is 6.92 Å². The molecule has 1 rings (SSSR count). The molecule has 0 aliphatic carbocycles. The van der Waals surface area contributed by atoms with Gasteiger partial charge in [0.15, 0.2) is 0 Å². The minimum atomic E-state index is -0.193. The summed E-state index contributed by atoms with van der Waals surface area (Å²) in [5, 5.41) is 6.07. The first kappa shape index (κ1) is 14.0. The van der Waals surface area contributed by atoms with Crippen LogP contribution in [0.4, 0.5) is 0 Å². The van der Waals surface area contributed by atoms with E-state index in [-0.39, 0.29) is 17.8 Å². The van der Waals surface area contributed by atoms with Crippen molar-refractivity contribution >= 4 is 11.9 Å². The third-order valence-corrected chi connectivity index (χ3v) is 2.83. The first-order valence-electron chi connectivity index (χ1n) is 6.38. The van der Waals surface area contributed by atoms with E-state index < -0.39 is 0 Å². The number of hydrogen-bond donors (Lipinski definition) is 2. The van der Waals surface area contributed by atoms with Crippen LogP contribution in [0.3, 0.4) is 0 Å². The Labute approximate surface area is 102 Å². The summed E-state index contributed by atoms with van der Waals surface area (Å²) in [4.78, 5) is 22.7. The molecular weight excluding hydrogens is 220 g/mol. The van der Waals surface area contributed by atoms with E-state index in [9.17, 15) is 9.59 Å². The van der Waals surface area contributed by atoms with Gasteiger partial charge in [0.2, 0.25) is 5.91 Å². The standard InChI is InChI=1S/C12H22N2O3/c1-2-17-11(15)6-4-8-14-12(16)10-5-3-7-13-9-10/h10,13H,2-9H2,1H3,(H,14,16). The number of ether oxygens (including phenoxy) is 1. The van der Waals surface area contributed by atoms with Crippen molar-refractivity contribution in [2.75, 3.05) is 26.2 Å². The maximum Gasteiger partial charge on any atom is 0.305 e. The molecule has 0 aromatic carbocycles. The second-order valence-electron chi connectivity index (χ2n) is 4.24. The van der Waals surface area contributed by atoms with E-state index in [0.29, 0.717) is 26.0 Å². The molecule has 17 heavy (non-hydrogen) atoms. The van der Waals surface area contributed by atoms with Gasteiger partial charge in [-0.1, -0.05) is 0 Å². The van der Waals surface area contributed by atoms with Crippen LogP contribution in [-0.4, -0.2) is 38.1 Å². The van der Waals surface area contributed by atoms with E-state index in [1.165, 1.54) is 0 Å². The van der Waals surface area contributed by atoms with Crippen molar-refractivity contribution in [2.24, 2.45) is 5.92 Å². The Bertz CT molecular complexity index is 250. The highest BCUT2D eigenvalue weighted by Gasteiger charge is 2.20. The monoisotopic (exact) mass is 242 g/mol. The molecule has 5 heteroatoms. The van der Waals surface area contributed by atoms with Crippen LogP contribution in [0, 0.1) is 5.92 Å². The molecular formula is C12H22N2O3. The summed E-state index contributed by atoms with van der Waals surface area (Å²) in [5.41, 5.74) is 0. The molecule has 1 heterocycles. The number of carbonyl (C=O) groups excluding carboxylic acids is 2. The molecule has 0 saturated carbocycles. The van der Waals surface area contributed by atoms with Gasteiger partial charge in [-0.3, -0.25) is 9.59 Å². The van der Waals surface area contributed by atoms with Gasteiger partial charge in [0.05, 0.1) is 12.5 Å². The van der Waals surface area contributed by atoms with E-state index in [2.05, 4.69) is 10.6 Å². The number of hydrogen-bond acceptors (Lipinski definition) is 4. The molecule has 1 amide bonds. The zero-order valence-corrected chi connectivity index (χ0v) is 10.5. The highest BCUT2D eigenvalue weighted by Crippen LogP contribution is 2.09.